The Morgan fingerprint density at radius 3 is 2.82 bits per heavy atom. The highest BCUT2D eigenvalue weighted by atomic mass is 16.5. The van der Waals surface area contributed by atoms with E-state index in [4.69, 9.17) is 9.62 Å². The molecule has 0 spiro atoms. The molecule has 3 aromatic rings. The van der Waals surface area contributed by atoms with Crippen LogP contribution in [0.15, 0.2) is 17.0 Å². The highest BCUT2D eigenvalue weighted by Gasteiger charge is 2.56. The Bertz CT molecular complexity index is 1060. The second-order valence-corrected chi connectivity index (χ2v) is 9.60. The van der Waals surface area contributed by atoms with E-state index >= 15 is 0 Å². The van der Waals surface area contributed by atoms with Crippen LogP contribution in [0.3, 0.4) is 0 Å². The van der Waals surface area contributed by atoms with Gasteiger partial charge in [-0.05, 0) is 39.0 Å². The van der Waals surface area contributed by atoms with Crippen LogP contribution in [0.5, 0.6) is 0 Å². The Morgan fingerprint density at radius 2 is 2.11 bits per heavy atom. The van der Waals surface area contributed by atoms with Crippen LogP contribution in [0.4, 0.5) is 0 Å². The molecular weight excluding hydrogens is 352 g/mol. The Morgan fingerprint density at radius 1 is 1.32 bits per heavy atom. The van der Waals surface area contributed by atoms with Crippen molar-refractivity contribution in [1.82, 2.24) is 25.0 Å². The molecule has 0 saturated carbocycles. The number of rotatable bonds is 2. The fourth-order valence-electron chi connectivity index (χ4n) is 5.87. The highest BCUT2D eigenvalue weighted by Crippen LogP contribution is 2.56. The number of aryl methyl sites for hydroxylation is 1. The summed E-state index contributed by atoms with van der Waals surface area (Å²) < 4.78 is 9.72. The molecule has 0 bridgehead atoms. The van der Waals surface area contributed by atoms with E-state index in [2.05, 4.69) is 61.6 Å². The number of aromatic amines is 1. The molecule has 0 saturated heterocycles. The maximum absolute atomic E-state index is 5.69. The summed E-state index contributed by atoms with van der Waals surface area (Å²) in [4.78, 5) is 4.62. The zero-order valence-electron chi connectivity index (χ0n) is 17.6. The van der Waals surface area contributed by atoms with Crippen LogP contribution in [-0.2, 0) is 30.7 Å². The molecule has 5 rings (SSSR count). The first-order chi connectivity index (χ1) is 13.2. The molecule has 0 unspecified atom stereocenters. The smallest absolute Gasteiger partial charge is 0.280 e. The van der Waals surface area contributed by atoms with Crippen molar-refractivity contribution in [3.63, 3.8) is 0 Å². The van der Waals surface area contributed by atoms with Gasteiger partial charge in [0.25, 0.3) is 5.69 Å². The molecule has 3 aromatic heterocycles. The van der Waals surface area contributed by atoms with Crippen molar-refractivity contribution >= 4 is 0 Å². The predicted molar refractivity (Wildman–Crippen MR) is 104 cm³/mol. The van der Waals surface area contributed by atoms with Crippen molar-refractivity contribution in [2.75, 3.05) is 0 Å². The second-order valence-electron chi connectivity index (χ2n) is 9.60. The highest BCUT2D eigenvalue weighted by molar-refractivity contribution is 5.55. The van der Waals surface area contributed by atoms with E-state index in [1.807, 2.05) is 17.2 Å². The Kier molecular flexibility index (Phi) is 3.50. The molecule has 0 aromatic carbocycles. The number of H-pyrrole nitrogens is 1. The monoisotopic (exact) mass is 381 g/mol. The van der Waals surface area contributed by atoms with Crippen molar-refractivity contribution in [2.24, 2.45) is 13.0 Å². The average molecular weight is 382 g/mol. The van der Waals surface area contributed by atoms with Gasteiger partial charge in [-0.25, -0.2) is 9.67 Å². The van der Waals surface area contributed by atoms with Crippen LogP contribution >= 0.6 is 0 Å². The second kappa shape index (κ2) is 5.55. The molecule has 2 atom stereocenters. The molecule has 3 heterocycles. The summed E-state index contributed by atoms with van der Waals surface area (Å²) in [7, 11) is 2.07. The molecule has 0 fully saturated rings. The lowest BCUT2D eigenvalue weighted by Gasteiger charge is -2.50. The third-order valence-corrected chi connectivity index (χ3v) is 7.13. The van der Waals surface area contributed by atoms with Gasteiger partial charge in [-0.2, -0.15) is 5.10 Å². The van der Waals surface area contributed by atoms with E-state index in [0.29, 0.717) is 12.0 Å². The minimum absolute atomic E-state index is 0.00621. The quantitative estimate of drug-likeness (QED) is 0.692. The maximum atomic E-state index is 5.69. The summed E-state index contributed by atoms with van der Waals surface area (Å²) in [5, 5.41) is 12.5. The number of fused-ring (bicyclic) bond motifs is 4. The first-order valence-electron chi connectivity index (χ1n) is 10.2. The van der Waals surface area contributed by atoms with Crippen molar-refractivity contribution in [3.05, 3.63) is 35.1 Å². The summed E-state index contributed by atoms with van der Waals surface area (Å²) in [5.41, 5.74) is 4.99. The van der Waals surface area contributed by atoms with Crippen LogP contribution in [0.2, 0.25) is 0 Å². The molecule has 1 N–H and O–H groups in total. The molecular formula is C21H29N6O+. The minimum atomic E-state index is -0.0438. The Balaban J connectivity index is 1.66. The number of hydrogen-bond acceptors (Lipinski definition) is 4. The van der Waals surface area contributed by atoms with E-state index in [9.17, 15) is 0 Å². The largest absolute Gasteiger partial charge is 0.361 e. The van der Waals surface area contributed by atoms with Crippen LogP contribution in [0.25, 0.3) is 11.5 Å². The summed E-state index contributed by atoms with van der Waals surface area (Å²) in [6, 6.07) is 0.300. The van der Waals surface area contributed by atoms with Crippen LogP contribution in [0.1, 0.15) is 69.7 Å². The summed E-state index contributed by atoms with van der Waals surface area (Å²) in [6.45, 7) is 11.3. The summed E-state index contributed by atoms with van der Waals surface area (Å²) in [5.74, 6) is 2.35. The molecule has 7 heteroatoms. The molecule has 0 aliphatic heterocycles. The lowest BCUT2D eigenvalue weighted by Crippen LogP contribution is -2.51. The predicted octanol–water partition coefficient (Wildman–Crippen LogP) is 3.02. The first-order valence-corrected chi connectivity index (χ1v) is 10.2. The first kappa shape index (κ1) is 17.6. The zero-order chi connectivity index (χ0) is 19.8. The average Bonchev–Trinajstić information content (AvgIpc) is 3.32. The van der Waals surface area contributed by atoms with Gasteiger partial charge in [-0.1, -0.05) is 25.9 Å². The van der Waals surface area contributed by atoms with Gasteiger partial charge < -0.3 is 4.52 Å². The van der Waals surface area contributed by atoms with Gasteiger partial charge >= 0.3 is 0 Å². The van der Waals surface area contributed by atoms with Crippen molar-refractivity contribution in [3.8, 4) is 11.5 Å². The SMILES string of the molecule is CC(C)n1cnc(-c2c3c([nH][n+]2C)[C@@]2(C)Cc4cnoc4C(C)(C)[C@@H]2CC3)n1. The van der Waals surface area contributed by atoms with Crippen molar-refractivity contribution in [2.45, 2.75) is 70.8 Å². The lowest BCUT2D eigenvalue weighted by atomic mass is 9.51. The van der Waals surface area contributed by atoms with Gasteiger partial charge in [-0.15, -0.1) is 9.78 Å². The van der Waals surface area contributed by atoms with Crippen LogP contribution in [-0.4, -0.2) is 25.0 Å². The number of nitrogens with zero attached hydrogens (tertiary/aromatic N) is 5. The van der Waals surface area contributed by atoms with Crippen molar-refractivity contribution in [1.29, 1.82) is 0 Å². The fraction of sp³-hybridized carbons (Fsp3) is 0.619. The van der Waals surface area contributed by atoms with Crippen LogP contribution in [0, 0.1) is 5.92 Å². The van der Waals surface area contributed by atoms with Gasteiger partial charge in [0, 0.05) is 22.4 Å². The third-order valence-electron chi connectivity index (χ3n) is 7.13. The standard InChI is InChI=1S/C21H28N6O/c1-12(2)27-11-22-19(25-27)16-14-7-8-15-20(3,4)18-13(10-23-28-18)9-21(15,5)17(14)24-26(16)6/h10-12,15H,7-9H2,1-6H3/p+1/t15-,21-/m0/s1. The maximum Gasteiger partial charge on any atom is 0.280 e. The van der Waals surface area contributed by atoms with Gasteiger partial charge in [0.2, 0.25) is 5.82 Å². The summed E-state index contributed by atoms with van der Waals surface area (Å²) in [6.07, 6.45) is 6.82. The zero-order valence-corrected chi connectivity index (χ0v) is 17.6. The van der Waals surface area contributed by atoms with E-state index in [0.717, 1.165) is 36.5 Å². The normalized spacial score (nSPS) is 25.5. The van der Waals surface area contributed by atoms with E-state index in [1.165, 1.54) is 16.8 Å². The molecule has 7 nitrogen and oxygen atoms in total. The van der Waals surface area contributed by atoms with Crippen LogP contribution < -0.4 is 4.68 Å². The topological polar surface area (TPSA) is 76.4 Å². The lowest BCUT2D eigenvalue weighted by molar-refractivity contribution is -0.717. The molecule has 0 amide bonds. The third kappa shape index (κ3) is 2.16. The van der Waals surface area contributed by atoms with Gasteiger partial charge in [0.05, 0.1) is 17.5 Å². The molecule has 148 valence electrons. The summed E-state index contributed by atoms with van der Waals surface area (Å²) >= 11 is 0. The van der Waals surface area contributed by atoms with E-state index in [-0.39, 0.29) is 10.8 Å². The van der Waals surface area contributed by atoms with Gasteiger partial charge in [-0.3, -0.25) is 0 Å². The van der Waals surface area contributed by atoms with E-state index < -0.39 is 0 Å². The Hall–Kier alpha value is -2.44. The van der Waals surface area contributed by atoms with Crippen molar-refractivity contribution < 1.29 is 9.20 Å². The minimum Gasteiger partial charge on any atom is -0.361 e. The molecule has 0 radical (unpaired) electrons. The number of aromatic nitrogens is 6. The fourth-order valence-corrected chi connectivity index (χ4v) is 5.87. The Labute approximate surface area is 165 Å². The van der Waals surface area contributed by atoms with Gasteiger partial charge in [0.1, 0.15) is 12.1 Å². The molecule has 28 heavy (non-hydrogen) atoms. The number of nitrogens with one attached hydrogen (secondary N) is 1. The van der Waals surface area contributed by atoms with Gasteiger partial charge in [0.15, 0.2) is 7.05 Å². The number of hydrogen-bond donors (Lipinski definition) is 1. The molecule has 2 aliphatic rings. The van der Waals surface area contributed by atoms with E-state index in [1.54, 1.807) is 0 Å². The molecule has 2 aliphatic carbocycles.